The van der Waals surface area contributed by atoms with Crippen LogP contribution in [0, 0.1) is 6.92 Å². The molecule has 0 unspecified atom stereocenters. The van der Waals surface area contributed by atoms with Gasteiger partial charge in [0.1, 0.15) is 6.10 Å². The van der Waals surface area contributed by atoms with Gasteiger partial charge in [0.15, 0.2) is 0 Å². The first-order chi connectivity index (χ1) is 11.5. The Hall–Kier alpha value is -2.47. The number of ether oxygens (including phenoxy) is 1. The van der Waals surface area contributed by atoms with Crippen LogP contribution in [-0.2, 0) is 4.74 Å². The van der Waals surface area contributed by atoms with Gasteiger partial charge in [-0.1, -0.05) is 0 Å². The first-order valence-corrected chi connectivity index (χ1v) is 8.01. The van der Waals surface area contributed by atoms with E-state index in [1.165, 1.54) is 0 Å². The van der Waals surface area contributed by atoms with Crippen molar-refractivity contribution in [2.24, 2.45) is 0 Å². The van der Waals surface area contributed by atoms with Crippen molar-refractivity contribution in [2.45, 2.75) is 13.0 Å². The van der Waals surface area contributed by atoms with E-state index < -0.39 is 0 Å². The quantitative estimate of drug-likeness (QED) is 0.864. The topological polar surface area (TPSA) is 58.6 Å². The summed E-state index contributed by atoms with van der Waals surface area (Å²) in [6.45, 7) is 3.57. The van der Waals surface area contributed by atoms with Crippen LogP contribution in [0.15, 0.2) is 36.7 Å². The molecular formula is C18H22N4O2. The number of nitrogens with zero attached hydrogens (tertiary/aromatic N) is 4. The molecule has 0 radical (unpaired) electrons. The lowest BCUT2D eigenvalue weighted by Gasteiger charge is -2.33. The number of anilines is 1. The van der Waals surface area contributed by atoms with E-state index in [0.717, 1.165) is 17.1 Å². The van der Waals surface area contributed by atoms with Crippen molar-refractivity contribution in [3.8, 4) is 0 Å². The normalized spacial score (nSPS) is 17.6. The van der Waals surface area contributed by atoms with Gasteiger partial charge in [0.25, 0.3) is 5.91 Å². The highest BCUT2D eigenvalue weighted by atomic mass is 16.5. The molecule has 1 aliphatic rings. The van der Waals surface area contributed by atoms with Crippen molar-refractivity contribution in [1.82, 2.24) is 14.9 Å². The van der Waals surface area contributed by atoms with E-state index in [0.29, 0.717) is 25.3 Å². The van der Waals surface area contributed by atoms with Crippen LogP contribution in [0.5, 0.6) is 0 Å². The predicted octanol–water partition coefficient (Wildman–Crippen LogP) is 2.06. The number of aryl methyl sites for hydroxylation is 1. The van der Waals surface area contributed by atoms with Gasteiger partial charge in [-0.15, -0.1) is 0 Å². The van der Waals surface area contributed by atoms with Gasteiger partial charge >= 0.3 is 0 Å². The summed E-state index contributed by atoms with van der Waals surface area (Å²) in [5.74, 6) is 0.00573. The molecule has 2 aromatic heterocycles. The minimum Gasteiger partial charge on any atom is -0.378 e. The summed E-state index contributed by atoms with van der Waals surface area (Å²) in [4.78, 5) is 25.1. The van der Waals surface area contributed by atoms with Gasteiger partial charge in [0, 0.05) is 50.0 Å². The molecule has 2 aromatic rings. The monoisotopic (exact) mass is 326 g/mol. The molecule has 1 aliphatic heterocycles. The first-order valence-electron chi connectivity index (χ1n) is 8.01. The number of rotatable bonds is 3. The lowest BCUT2D eigenvalue weighted by atomic mass is 10.1. The second kappa shape index (κ2) is 6.97. The van der Waals surface area contributed by atoms with Crippen molar-refractivity contribution >= 4 is 11.6 Å². The average molecular weight is 326 g/mol. The van der Waals surface area contributed by atoms with Crippen LogP contribution in [0.1, 0.15) is 27.8 Å². The van der Waals surface area contributed by atoms with Crippen molar-refractivity contribution in [2.75, 3.05) is 38.7 Å². The Labute approximate surface area is 142 Å². The van der Waals surface area contributed by atoms with Crippen LogP contribution >= 0.6 is 0 Å². The molecule has 0 saturated carbocycles. The lowest BCUT2D eigenvalue weighted by Crippen LogP contribution is -2.42. The molecule has 1 atom stereocenters. The van der Waals surface area contributed by atoms with E-state index in [9.17, 15) is 4.79 Å². The van der Waals surface area contributed by atoms with Crippen LogP contribution in [0.3, 0.4) is 0 Å². The van der Waals surface area contributed by atoms with Crippen LogP contribution < -0.4 is 4.90 Å². The van der Waals surface area contributed by atoms with E-state index in [2.05, 4.69) is 9.97 Å². The van der Waals surface area contributed by atoms with E-state index in [4.69, 9.17) is 4.74 Å². The highest BCUT2D eigenvalue weighted by Gasteiger charge is 2.27. The number of hydrogen-bond acceptors (Lipinski definition) is 5. The molecule has 24 heavy (non-hydrogen) atoms. The van der Waals surface area contributed by atoms with Crippen molar-refractivity contribution < 1.29 is 9.53 Å². The molecule has 3 heterocycles. The van der Waals surface area contributed by atoms with Crippen LogP contribution in [0.2, 0.25) is 0 Å². The third-order valence-electron chi connectivity index (χ3n) is 4.09. The maximum Gasteiger partial charge on any atom is 0.254 e. The third-order valence-corrected chi connectivity index (χ3v) is 4.09. The SMILES string of the molecule is Cc1cc(N(C)C)cc([C@H]2CN(C(=O)c3ccncc3)CCO2)n1. The molecule has 6 heteroatoms. The summed E-state index contributed by atoms with van der Waals surface area (Å²) in [7, 11) is 4.00. The van der Waals surface area contributed by atoms with Crippen LogP contribution in [0.4, 0.5) is 5.69 Å². The number of morpholine rings is 1. The number of aromatic nitrogens is 2. The number of carbonyl (C=O) groups is 1. The molecule has 0 aromatic carbocycles. The molecular weight excluding hydrogens is 304 g/mol. The molecule has 0 aliphatic carbocycles. The number of amides is 1. The van der Waals surface area contributed by atoms with Crippen LogP contribution in [-0.4, -0.2) is 54.6 Å². The Balaban J connectivity index is 1.80. The summed E-state index contributed by atoms with van der Waals surface area (Å²) in [6.07, 6.45) is 3.07. The van der Waals surface area contributed by atoms with Crippen molar-refractivity contribution in [1.29, 1.82) is 0 Å². The first kappa shape index (κ1) is 16.4. The fraction of sp³-hybridized carbons (Fsp3) is 0.389. The summed E-state index contributed by atoms with van der Waals surface area (Å²) in [5, 5.41) is 0. The molecule has 1 amide bonds. The molecule has 126 valence electrons. The average Bonchev–Trinajstić information content (AvgIpc) is 2.61. The maximum absolute atomic E-state index is 12.6. The highest BCUT2D eigenvalue weighted by Crippen LogP contribution is 2.25. The Morgan fingerprint density at radius 3 is 2.75 bits per heavy atom. The van der Waals surface area contributed by atoms with E-state index in [1.807, 2.05) is 43.0 Å². The molecule has 1 fully saturated rings. The van der Waals surface area contributed by atoms with Gasteiger partial charge in [-0.2, -0.15) is 0 Å². The zero-order chi connectivity index (χ0) is 17.1. The number of carbonyl (C=O) groups excluding carboxylic acids is 1. The zero-order valence-corrected chi connectivity index (χ0v) is 14.3. The Morgan fingerprint density at radius 1 is 1.29 bits per heavy atom. The second-order valence-electron chi connectivity index (χ2n) is 6.13. The Kier molecular flexibility index (Phi) is 4.76. The highest BCUT2D eigenvalue weighted by molar-refractivity contribution is 5.94. The second-order valence-corrected chi connectivity index (χ2v) is 6.13. The summed E-state index contributed by atoms with van der Waals surface area (Å²) >= 11 is 0. The van der Waals surface area contributed by atoms with E-state index in [-0.39, 0.29) is 12.0 Å². The fourth-order valence-electron chi connectivity index (χ4n) is 2.79. The number of pyridine rings is 2. The molecule has 0 spiro atoms. The van der Waals surface area contributed by atoms with Gasteiger partial charge < -0.3 is 14.5 Å². The molecule has 0 bridgehead atoms. The zero-order valence-electron chi connectivity index (χ0n) is 14.3. The smallest absolute Gasteiger partial charge is 0.254 e. The largest absolute Gasteiger partial charge is 0.378 e. The molecule has 1 saturated heterocycles. The minimum absolute atomic E-state index is 0.00573. The fourth-order valence-corrected chi connectivity index (χ4v) is 2.79. The van der Waals surface area contributed by atoms with E-state index >= 15 is 0 Å². The standard InChI is InChI=1S/C18H22N4O2/c1-13-10-15(21(2)3)11-16(20-13)17-12-22(8-9-24-17)18(23)14-4-6-19-7-5-14/h4-7,10-11,17H,8-9,12H2,1-3H3/t17-/m1/s1. The summed E-state index contributed by atoms with van der Waals surface area (Å²) in [6, 6.07) is 7.54. The Morgan fingerprint density at radius 2 is 2.04 bits per heavy atom. The van der Waals surface area contributed by atoms with Gasteiger partial charge in [0.2, 0.25) is 0 Å². The number of hydrogen-bond donors (Lipinski definition) is 0. The molecule has 3 rings (SSSR count). The van der Waals surface area contributed by atoms with Crippen LogP contribution in [0.25, 0.3) is 0 Å². The molecule has 0 N–H and O–H groups in total. The maximum atomic E-state index is 12.6. The van der Waals surface area contributed by atoms with Gasteiger partial charge in [-0.25, -0.2) is 0 Å². The lowest BCUT2D eigenvalue weighted by molar-refractivity contribution is -0.0247. The van der Waals surface area contributed by atoms with Crippen molar-refractivity contribution in [3.05, 3.63) is 53.6 Å². The van der Waals surface area contributed by atoms with Gasteiger partial charge in [-0.3, -0.25) is 14.8 Å². The summed E-state index contributed by atoms with van der Waals surface area (Å²) < 4.78 is 5.88. The Bertz CT molecular complexity index is 718. The minimum atomic E-state index is -0.205. The van der Waals surface area contributed by atoms with Gasteiger partial charge in [0.05, 0.1) is 18.8 Å². The van der Waals surface area contributed by atoms with Gasteiger partial charge in [-0.05, 0) is 31.2 Å². The van der Waals surface area contributed by atoms with E-state index in [1.54, 1.807) is 24.5 Å². The summed E-state index contributed by atoms with van der Waals surface area (Å²) in [5.41, 5.74) is 3.54. The predicted molar refractivity (Wildman–Crippen MR) is 92.1 cm³/mol. The third kappa shape index (κ3) is 3.54. The molecule has 6 nitrogen and oxygen atoms in total. The van der Waals surface area contributed by atoms with Crippen molar-refractivity contribution in [3.63, 3.8) is 0 Å².